The molecule has 0 aromatic carbocycles. The third kappa shape index (κ3) is 3.19. The van der Waals surface area contributed by atoms with Crippen LogP contribution < -0.4 is 5.32 Å². The predicted octanol–water partition coefficient (Wildman–Crippen LogP) is 4.38. The number of hydrogen-bond acceptors (Lipinski definition) is 4. The largest absolute Gasteiger partial charge is 0.351 e. The molecule has 1 N–H and O–H groups in total. The number of aryl methyl sites for hydroxylation is 1. The molecule has 134 valence electrons. The molecule has 0 bridgehead atoms. The first-order valence-corrected chi connectivity index (χ1v) is 9.04. The van der Waals surface area contributed by atoms with E-state index in [9.17, 15) is 4.39 Å². The van der Waals surface area contributed by atoms with Crippen molar-refractivity contribution in [1.82, 2.24) is 19.4 Å². The average Bonchev–Trinajstić information content (AvgIpc) is 3.11. The van der Waals surface area contributed by atoms with E-state index in [1.54, 1.807) is 23.0 Å². The highest BCUT2D eigenvalue weighted by molar-refractivity contribution is 5.79. The van der Waals surface area contributed by atoms with E-state index in [-0.39, 0.29) is 5.82 Å². The number of anilines is 1. The molecule has 4 rings (SSSR count). The predicted molar refractivity (Wildman–Crippen MR) is 101 cm³/mol. The van der Waals surface area contributed by atoms with Gasteiger partial charge in [-0.1, -0.05) is 25.8 Å². The molecule has 3 aromatic heterocycles. The second-order valence-electron chi connectivity index (χ2n) is 6.89. The van der Waals surface area contributed by atoms with Crippen molar-refractivity contribution in [1.29, 1.82) is 0 Å². The second kappa shape index (κ2) is 6.86. The summed E-state index contributed by atoms with van der Waals surface area (Å²) in [6.45, 7) is 6.06. The lowest BCUT2D eigenvalue weighted by Crippen LogP contribution is -2.23. The lowest BCUT2D eigenvalue weighted by molar-refractivity contribution is 0.460. The van der Waals surface area contributed by atoms with Crippen LogP contribution in [-0.4, -0.2) is 25.4 Å². The van der Waals surface area contributed by atoms with Crippen LogP contribution in [0, 0.1) is 12.7 Å². The van der Waals surface area contributed by atoms with Crippen LogP contribution in [-0.2, 0) is 0 Å². The normalized spacial score (nSPS) is 15.3. The van der Waals surface area contributed by atoms with Crippen molar-refractivity contribution in [2.45, 2.75) is 45.1 Å². The maximum Gasteiger partial charge on any atom is 0.223 e. The smallest absolute Gasteiger partial charge is 0.223 e. The van der Waals surface area contributed by atoms with E-state index >= 15 is 0 Å². The molecule has 0 saturated heterocycles. The van der Waals surface area contributed by atoms with Gasteiger partial charge in [0.05, 0.1) is 5.69 Å². The fraction of sp³-hybridized carbons (Fsp3) is 0.350. The van der Waals surface area contributed by atoms with Crippen LogP contribution in [0.5, 0.6) is 0 Å². The minimum absolute atomic E-state index is 0.307. The summed E-state index contributed by atoms with van der Waals surface area (Å²) < 4.78 is 15.9. The zero-order valence-electron chi connectivity index (χ0n) is 14.9. The summed E-state index contributed by atoms with van der Waals surface area (Å²) in [6.07, 6.45) is 13.0. The number of aromatic nitrogens is 4. The van der Waals surface area contributed by atoms with Gasteiger partial charge in [-0.15, -0.1) is 0 Å². The maximum atomic E-state index is 14.2. The molecule has 3 heterocycles. The minimum atomic E-state index is -0.372. The number of hydrogen-bond donors (Lipinski definition) is 1. The van der Waals surface area contributed by atoms with Crippen molar-refractivity contribution in [2.24, 2.45) is 0 Å². The summed E-state index contributed by atoms with van der Waals surface area (Å²) in [7, 11) is 0. The number of rotatable bonds is 4. The molecule has 3 aromatic rings. The van der Waals surface area contributed by atoms with Gasteiger partial charge in [0, 0.05) is 42.0 Å². The molecule has 6 heteroatoms. The van der Waals surface area contributed by atoms with Crippen LogP contribution in [0.3, 0.4) is 0 Å². The Morgan fingerprint density at radius 3 is 2.85 bits per heavy atom. The fourth-order valence-corrected chi connectivity index (χ4v) is 3.57. The van der Waals surface area contributed by atoms with Crippen LogP contribution >= 0.6 is 0 Å². The van der Waals surface area contributed by atoms with Crippen LogP contribution in [0.4, 0.5) is 10.3 Å². The average molecular weight is 351 g/mol. The molecule has 0 atom stereocenters. The summed E-state index contributed by atoms with van der Waals surface area (Å²) in [5, 5.41) is 3.43. The molecule has 1 aliphatic carbocycles. The van der Waals surface area contributed by atoms with Crippen molar-refractivity contribution in [3.63, 3.8) is 0 Å². The number of nitrogens with zero attached hydrogens (tertiary/aromatic N) is 4. The van der Waals surface area contributed by atoms with Crippen LogP contribution in [0.15, 0.2) is 37.4 Å². The molecule has 0 radical (unpaired) electrons. The molecule has 0 amide bonds. The van der Waals surface area contributed by atoms with E-state index in [2.05, 4.69) is 26.8 Å². The zero-order chi connectivity index (χ0) is 18.1. The number of halogens is 1. The molecule has 0 unspecified atom stereocenters. The lowest BCUT2D eigenvalue weighted by Gasteiger charge is -2.23. The van der Waals surface area contributed by atoms with Gasteiger partial charge in [-0.25, -0.2) is 19.3 Å². The first kappa shape index (κ1) is 16.7. The number of imidazole rings is 1. The molecule has 1 aliphatic rings. The van der Waals surface area contributed by atoms with Crippen LogP contribution in [0.1, 0.15) is 48.9 Å². The van der Waals surface area contributed by atoms with Crippen molar-refractivity contribution < 1.29 is 4.39 Å². The van der Waals surface area contributed by atoms with Crippen molar-refractivity contribution in [3.05, 3.63) is 60.1 Å². The molecule has 1 fully saturated rings. The van der Waals surface area contributed by atoms with Crippen molar-refractivity contribution in [2.75, 3.05) is 5.32 Å². The summed E-state index contributed by atoms with van der Waals surface area (Å²) in [5.74, 6) is 0.282. The molecule has 26 heavy (non-hydrogen) atoms. The third-order valence-corrected chi connectivity index (χ3v) is 5.03. The second-order valence-corrected chi connectivity index (χ2v) is 6.89. The van der Waals surface area contributed by atoms with Crippen LogP contribution in [0.25, 0.3) is 11.2 Å². The number of fused-ring (bicyclic) bond motifs is 1. The lowest BCUT2D eigenvalue weighted by atomic mass is 9.96. The van der Waals surface area contributed by atoms with Gasteiger partial charge in [-0.05, 0) is 31.4 Å². The Labute approximate surface area is 152 Å². The highest BCUT2D eigenvalue weighted by Crippen LogP contribution is 2.26. The topological polar surface area (TPSA) is 55.1 Å². The quantitative estimate of drug-likeness (QED) is 0.758. The Kier molecular flexibility index (Phi) is 4.41. The van der Waals surface area contributed by atoms with Gasteiger partial charge in [0.1, 0.15) is 0 Å². The summed E-state index contributed by atoms with van der Waals surface area (Å²) in [5.41, 5.74) is 3.34. The van der Waals surface area contributed by atoms with E-state index in [0.29, 0.717) is 28.8 Å². The van der Waals surface area contributed by atoms with E-state index in [0.717, 1.165) is 11.3 Å². The van der Waals surface area contributed by atoms with Gasteiger partial charge in [-0.3, -0.25) is 0 Å². The zero-order valence-corrected chi connectivity index (χ0v) is 14.9. The molecule has 1 saturated carbocycles. The highest BCUT2D eigenvalue weighted by Gasteiger charge is 2.16. The number of nitrogens with one attached hydrogen (secondary N) is 1. The Balaban J connectivity index is 1.58. The van der Waals surface area contributed by atoms with Crippen molar-refractivity contribution in [3.8, 4) is 0 Å². The van der Waals surface area contributed by atoms with Gasteiger partial charge in [0.25, 0.3) is 0 Å². The monoisotopic (exact) mass is 351 g/mol. The van der Waals surface area contributed by atoms with Gasteiger partial charge in [0.2, 0.25) is 5.95 Å². The van der Waals surface area contributed by atoms with E-state index < -0.39 is 0 Å². The minimum Gasteiger partial charge on any atom is -0.351 e. The van der Waals surface area contributed by atoms with E-state index in [1.807, 2.05) is 13.1 Å². The molecular formula is C20H22FN5. The van der Waals surface area contributed by atoms with E-state index in [4.69, 9.17) is 0 Å². The SMILES string of the molecule is C=C(c1cc(F)c2nccn2c1)c1cnc(NC2CCCCC2)nc1C. The molecule has 0 spiro atoms. The standard InChI is InChI=1S/C20H22FN5/c1-13(15-10-18(21)19-22-8-9-26(19)12-15)17-11-23-20(24-14(17)2)25-16-6-4-3-5-7-16/h8-12,16H,1,3-7H2,2H3,(H,23,24,25). The fourth-order valence-electron chi connectivity index (χ4n) is 3.57. The Morgan fingerprint density at radius 2 is 2.08 bits per heavy atom. The maximum absolute atomic E-state index is 14.2. The molecular weight excluding hydrogens is 329 g/mol. The highest BCUT2D eigenvalue weighted by atomic mass is 19.1. The Morgan fingerprint density at radius 1 is 1.27 bits per heavy atom. The van der Waals surface area contributed by atoms with Crippen molar-refractivity contribution >= 4 is 17.2 Å². The Bertz CT molecular complexity index is 956. The van der Waals surface area contributed by atoms with Crippen LogP contribution in [0.2, 0.25) is 0 Å². The number of pyridine rings is 1. The third-order valence-electron chi connectivity index (χ3n) is 5.03. The first-order valence-electron chi connectivity index (χ1n) is 9.04. The Hall–Kier alpha value is -2.76. The summed E-state index contributed by atoms with van der Waals surface area (Å²) >= 11 is 0. The summed E-state index contributed by atoms with van der Waals surface area (Å²) in [6, 6.07) is 1.91. The van der Waals surface area contributed by atoms with Gasteiger partial charge in [0.15, 0.2) is 11.5 Å². The molecule has 0 aliphatic heterocycles. The first-order chi connectivity index (χ1) is 12.6. The van der Waals surface area contributed by atoms with Gasteiger partial charge < -0.3 is 9.72 Å². The summed E-state index contributed by atoms with van der Waals surface area (Å²) in [4.78, 5) is 13.1. The van der Waals surface area contributed by atoms with Gasteiger partial charge >= 0.3 is 0 Å². The molecule has 5 nitrogen and oxygen atoms in total. The van der Waals surface area contributed by atoms with E-state index in [1.165, 1.54) is 38.2 Å². The van der Waals surface area contributed by atoms with Gasteiger partial charge in [-0.2, -0.15) is 0 Å².